The van der Waals surface area contributed by atoms with Crippen LogP contribution in [-0.2, 0) is 10.2 Å². The number of carbonyl (C=O) groups is 2. The van der Waals surface area contributed by atoms with Gasteiger partial charge in [0.1, 0.15) is 6.04 Å². The second-order valence-corrected chi connectivity index (χ2v) is 5.72. The van der Waals surface area contributed by atoms with Crippen molar-refractivity contribution in [2.45, 2.75) is 38.6 Å². The van der Waals surface area contributed by atoms with Crippen molar-refractivity contribution in [1.82, 2.24) is 5.32 Å². The monoisotopic (exact) mass is 275 g/mol. The lowest BCUT2D eigenvalue weighted by Crippen LogP contribution is -2.40. The number of carboxylic acids is 1. The van der Waals surface area contributed by atoms with Crippen LogP contribution < -0.4 is 5.32 Å². The zero-order valence-corrected chi connectivity index (χ0v) is 12.1. The summed E-state index contributed by atoms with van der Waals surface area (Å²) >= 11 is 0. The summed E-state index contributed by atoms with van der Waals surface area (Å²) in [5, 5.41) is 11.5. The van der Waals surface area contributed by atoms with Crippen LogP contribution in [0.3, 0.4) is 0 Å². The Morgan fingerprint density at radius 2 is 1.85 bits per heavy atom. The van der Waals surface area contributed by atoms with E-state index in [1.165, 1.54) is 6.08 Å². The van der Waals surface area contributed by atoms with E-state index in [0.29, 0.717) is 5.56 Å². The molecule has 0 aliphatic carbocycles. The molecule has 4 heteroatoms. The molecule has 0 saturated heterocycles. The quantitative estimate of drug-likeness (QED) is 0.812. The predicted molar refractivity (Wildman–Crippen MR) is 78.8 cm³/mol. The van der Waals surface area contributed by atoms with Gasteiger partial charge in [-0.25, -0.2) is 4.79 Å². The minimum Gasteiger partial charge on any atom is -0.480 e. The van der Waals surface area contributed by atoms with E-state index in [9.17, 15) is 9.59 Å². The van der Waals surface area contributed by atoms with Gasteiger partial charge in [-0.05, 0) is 29.5 Å². The number of carbonyl (C=O) groups excluding carboxylic acids is 1. The number of rotatable bonds is 5. The lowest BCUT2D eigenvalue weighted by Gasteiger charge is -2.19. The van der Waals surface area contributed by atoms with Crippen LogP contribution in [0.2, 0.25) is 0 Å². The molecule has 1 aromatic carbocycles. The van der Waals surface area contributed by atoms with E-state index >= 15 is 0 Å². The molecule has 0 radical (unpaired) electrons. The van der Waals surface area contributed by atoms with Crippen molar-refractivity contribution in [3.8, 4) is 0 Å². The van der Waals surface area contributed by atoms with Crippen molar-refractivity contribution >= 4 is 11.9 Å². The number of carboxylic acid groups (broad SMARTS) is 1. The van der Waals surface area contributed by atoms with Crippen molar-refractivity contribution in [2.75, 3.05) is 0 Å². The smallest absolute Gasteiger partial charge is 0.326 e. The Hall–Kier alpha value is -2.10. The van der Waals surface area contributed by atoms with Gasteiger partial charge in [-0.3, -0.25) is 4.79 Å². The molecule has 0 aromatic heterocycles. The molecule has 0 aliphatic heterocycles. The van der Waals surface area contributed by atoms with Crippen LogP contribution >= 0.6 is 0 Å². The van der Waals surface area contributed by atoms with Crippen molar-refractivity contribution in [2.24, 2.45) is 0 Å². The molecule has 20 heavy (non-hydrogen) atoms. The van der Waals surface area contributed by atoms with Crippen molar-refractivity contribution in [1.29, 1.82) is 0 Å². The summed E-state index contributed by atoms with van der Waals surface area (Å²) in [6, 6.07) is 6.25. The van der Waals surface area contributed by atoms with E-state index in [1.807, 2.05) is 12.1 Å². The van der Waals surface area contributed by atoms with Crippen LogP contribution in [0.1, 0.15) is 43.1 Å². The fourth-order valence-electron chi connectivity index (χ4n) is 1.75. The SMILES string of the molecule is C=CC[C@H](NC(=O)c1ccc(C(C)(C)C)cc1)C(=O)O. The van der Waals surface area contributed by atoms with E-state index in [-0.39, 0.29) is 17.7 Å². The standard InChI is InChI=1S/C16H21NO3/c1-5-6-13(15(19)20)17-14(18)11-7-9-12(10-8-11)16(2,3)4/h5,7-10,13H,1,6H2,2-4H3,(H,17,18)(H,19,20)/t13-/m0/s1. The zero-order chi connectivity index (χ0) is 15.3. The van der Waals surface area contributed by atoms with Gasteiger partial charge in [-0.1, -0.05) is 39.0 Å². The fraction of sp³-hybridized carbons (Fsp3) is 0.375. The maximum Gasteiger partial charge on any atom is 0.326 e. The summed E-state index contributed by atoms with van der Waals surface area (Å²) in [6.45, 7) is 9.76. The highest BCUT2D eigenvalue weighted by Gasteiger charge is 2.19. The van der Waals surface area contributed by atoms with E-state index < -0.39 is 12.0 Å². The van der Waals surface area contributed by atoms with Crippen LogP contribution in [0.4, 0.5) is 0 Å². The average Bonchev–Trinajstić information content (AvgIpc) is 2.37. The van der Waals surface area contributed by atoms with Gasteiger partial charge in [0, 0.05) is 5.56 Å². The summed E-state index contributed by atoms with van der Waals surface area (Å²) in [4.78, 5) is 23.0. The zero-order valence-electron chi connectivity index (χ0n) is 12.1. The molecule has 0 saturated carbocycles. The van der Waals surface area contributed by atoms with Crippen LogP contribution in [0.25, 0.3) is 0 Å². The molecule has 0 heterocycles. The molecule has 0 unspecified atom stereocenters. The summed E-state index contributed by atoms with van der Waals surface area (Å²) in [6.07, 6.45) is 1.67. The van der Waals surface area contributed by atoms with Gasteiger partial charge in [-0.2, -0.15) is 0 Å². The average molecular weight is 275 g/mol. The summed E-state index contributed by atoms with van der Waals surface area (Å²) < 4.78 is 0. The fourth-order valence-corrected chi connectivity index (χ4v) is 1.75. The molecule has 1 rings (SSSR count). The first-order chi connectivity index (χ1) is 9.25. The largest absolute Gasteiger partial charge is 0.480 e. The third kappa shape index (κ3) is 4.23. The summed E-state index contributed by atoms with van der Waals surface area (Å²) in [7, 11) is 0. The number of hydrogen-bond acceptors (Lipinski definition) is 2. The number of hydrogen-bond donors (Lipinski definition) is 2. The molecule has 0 aliphatic rings. The molecular formula is C16H21NO3. The van der Waals surface area contributed by atoms with Gasteiger partial charge in [0.25, 0.3) is 5.91 Å². The first-order valence-electron chi connectivity index (χ1n) is 6.51. The minimum absolute atomic E-state index is 0.0153. The lowest BCUT2D eigenvalue weighted by atomic mass is 9.86. The lowest BCUT2D eigenvalue weighted by molar-refractivity contribution is -0.139. The highest BCUT2D eigenvalue weighted by molar-refractivity contribution is 5.96. The molecule has 1 amide bonds. The van der Waals surface area contributed by atoms with Gasteiger partial charge in [0.2, 0.25) is 0 Å². The maximum absolute atomic E-state index is 12.0. The van der Waals surface area contributed by atoms with Crippen LogP contribution in [0, 0.1) is 0 Å². The minimum atomic E-state index is -1.07. The molecule has 0 bridgehead atoms. The highest BCUT2D eigenvalue weighted by atomic mass is 16.4. The van der Waals surface area contributed by atoms with E-state index in [4.69, 9.17) is 5.11 Å². The highest BCUT2D eigenvalue weighted by Crippen LogP contribution is 2.22. The second-order valence-electron chi connectivity index (χ2n) is 5.72. The Morgan fingerprint density at radius 1 is 1.30 bits per heavy atom. The third-order valence-corrected chi connectivity index (χ3v) is 3.02. The first kappa shape index (κ1) is 16.0. The molecule has 1 aromatic rings. The normalized spacial score (nSPS) is 12.6. The predicted octanol–water partition coefficient (Wildman–Crippen LogP) is 2.74. The molecule has 0 spiro atoms. The number of benzene rings is 1. The Balaban J connectivity index is 2.82. The van der Waals surface area contributed by atoms with E-state index in [2.05, 4.69) is 32.7 Å². The van der Waals surface area contributed by atoms with Gasteiger partial charge in [-0.15, -0.1) is 6.58 Å². The maximum atomic E-state index is 12.0. The molecular weight excluding hydrogens is 254 g/mol. The van der Waals surface area contributed by atoms with Crippen molar-refractivity contribution in [3.63, 3.8) is 0 Å². The number of nitrogens with one attached hydrogen (secondary N) is 1. The second kappa shape index (κ2) is 6.37. The Morgan fingerprint density at radius 3 is 2.25 bits per heavy atom. The van der Waals surface area contributed by atoms with Gasteiger partial charge in [0.05, 0.1) is 0 Å². The van der Waals surface area contributed by atoms with Gasteiger partial charge < -0.3 is 10.4 Å². The molecule has 108 valence electrons. The van der Waals surface area contributed by atoms with Gasteiger partial charge >= 0.3 is 5.97 Å². The Labute approximate surface area is 119 Å². The molecule has 4 nitrogen and oxygen atoms in total. The van der Waals surface area contributed by atoms with E-state index in [0.717, 1.165) is 5.56 Å². The Kier molecular flexibility index (Phi) is 5.08. The molecule has 0 fully saturated rings. The topological polar surface area (TPSA) is 66.4 Å². The first-order valence-corrected chi connectivity index (χ1v) is 6.51. The van der Waals surface area contributed by atoms with Gasteiger partial charge in [0.15, 0.2) is 0 Å². The van der Waals surface area contributed by atoms with Crippen LogP contribution in [-0.4, -0.2) is 23.0 Å². The van der Waals surface area contributed by atoms with Crippen molar-refractivity contribution in [3.05, 3.63) is 48.0 Å². The summed E-state index contributed by atoms with van der Waals surface area (Å²) in [5.74, 6) is -1.45. The van der Waals surface area contributed by atoms with Crippen LogP contribution in [0.5, 0.6) is 0 Å². The van der Waals surface area contributed by atoms with Crippen LogP contribution in [0.15, 0.2) is 36.9 Å². The number of amides is 1. The Bertz CT molecular complexity index is 497. The third-order valence-electron chi connectivity index (χ3n) is 3.02. The molecule has 2 N–H and O–H groups in total. The molecule has 1 atom stereocenters. The van der Waals surface area contributed by atoms with E-state index in [1.54, 1.807) is 12.1 Å². The number of aliphatic carboxylic acids is 1. The van der Waals surface area contributed by atoms with Crippen molar-refractivity contribution < 1.29 is 14.7 Å². The summed E-state index contributed by atoms with van der Waals surface area (Å²) in [5.41, 5.74) is 1.59.